The van der Waals surface area contributed by atoms with Crippen molar-refractivity contribution in [2.75, 3.05) is 33.0 Å². The first-order valence-electron chi connectivity index (χ1n) is 14.9. The summed E-state index contributed by atoms with van der Waals surface area (Å²) in [5, 5.41) is 37.2. The predicted octanol–water partition coefficient (Wildman–Crippen LogP) is 6.00. The van der Waals surface area contributed by atoms with Gasteiger partial charge in [0.2, 0.25) is 0 Å². The van der Waals surface area contributed by atoms with E-state index >= 15 is 0 Å². The Morgan fingerprint density at radius 1 is 0.561 bits per heavy atom. The molecular weight excluding hydrogens is 520 g/mol. The van der Waals surface area contributed by atoms with Crippen molar-refractivity contribution in [1.29, 1.82) is 0 Å². The lowest BCUT2D eigenvalue weighted by Gasteiger charge is -2.18. The van der Waals surface area contributed by atoms with Crippen molar-refractivity contribution in [2.45, 2.75) is 70.5 Å². The average molecular weight is 567 g/mol. The Bertz CT molecular complexity index is 1040. The molecule has 0 aliphatic heterocycles. The summed E-state index contributed by atoms with van der Waals surface area (Å²) in [4.78, 5) is 0. The summed E-state index contributed by atoms with van der Waals surface area (Å²) in [6.07, 6.45) is 8.00. The van der Waals surface area contributed by atoms with Crippen LogP contribution in [0.25, 0.3) is 22.3 Å². The van der Waals surface area contributed by atoms with Crippen LogP contribution in [0.5, 0.6) is 17.2 Å². The third kappa shape index (κ3) is 11.0. The number of para-hydroxylation sites is 1. The molecule has 0 bridgehead atoms. The zero-order valence-electron chi connectivity index (χ0n) is 24.2. The van der Waals surface area contributed by atoms with E-state index in [0.717, 1.165) is 40.8 Å². The highest BCUT2D eigenvalue weighted by molar-refractivity contribution is 5.82. The Balaban J connectivity index is 1.76. The minimum absolute atomic E-state index is 0.0248. The SMILES string of the molecule is CCCCCCCCCCOc1c(-c2ccc(OCC(O)CO)cc2)cccc1-c1ccc(OCC(O)CO)cc1. The molecule has 0 aliphatic carbocycles. The molecule has 0 spiro atoms. The maximum atomic E-state index is 9.57. The third-order valence-electron chi connectivity index (χ3n) is 6.90. The van der Waals surface area contributed by atoms with Crippen molar-refractivity contribution in [2.24, 2.45) is 0 Å². The molecule has 224 valence electrons. The number of unbranched alkanes of at least 4 members (excludes halogenated alkanes) is 7. The molecule has 3 rings (SSSR count). The quantitative estimate of drug-likeness (QED) is 0.124. The number of benzene rings is 3. The van der Waals surface area contributed by atoms with Crippen molar-refractivity contribution in [3.05, 3.63) is 66.7 Å². The Labute approximate surface area is 244 Å². The fraction of sp³-hybridized carbons (Fsp3) is 0.471. The molecule has 2 unspecified atom stereocenters. The number of aliphatic hydroxyl groups excluding tert-OH is 4. The van der Waals surface area contributed by atoms with Crippen LogP contribution in [0.3, 0.4) is 0 Å². The lowest BCUT2D eigenvalue weighted by molar-refractivity contribution is 0.0536. The minimum atomic E-state index is -0.917. The van der Waals surface area contributed by atoms with Crippen LogP contribution in [-0.4, -0.2) is 65.7 Å². The van der Waals surface area contributed by atoms with E-state index in [1.807, 2.05) is 66.7 Å². The van der Waals surface area contributed by atoms with E-state index < -0.39 is 12.2 Å². The van der Waals surface area contributed by atoms with Gasteiger partial charge in [-0.15, -0.1) is 0 Å². The van der Waals surface area contributed by atoms with Gasteiger partial charge in [-0.25, -0.2) is 0 Å². The van der Waals surface area contributed by atoms with Gasteiger partial charge < -0.3 is 34.6 Å². The fourth-order valence-electron chi connectivity index (χ4n) is 4.51. The van der Waals surface area contributed by atoms with Crippen molar-refractivity contribution >= 4 is 0 Å². The van der Waals surface area contributed by atoms with Crippen molar-refractivity contribution in [3.63, 3.8) is 0 Å². The monoisotopic (exact) mass is 566 g/mol. The maximum absolute atomic E-state index is 9.57. The molecule has 0 fully saturated rings. The van der Waals surface area contributed by atoms with Crippen molar-refractivity contribution in [3.8, 4) is 39.5 Å². The molecule has 0 aromatic heterocycles. The lowest BCUT2D eigenvalue weighted by atomic mass is 9.97. The largest absolute Gasteiger partial charge is 0.492 e. The molecule has 3 aromatic carbocycles. The predicted molar refractivity (Wildman–Crippen MR) is 163 cm³/mol. The Morgan fingerprint density at radius 2 is 1.00 bits per heavy atom. The molecule has 0 saturated carbocycles. The van der Waals surface area contributed by atoms with Gasteiger partial charge in [0.25, 0.3) is 0 Å². The minimum Gasteiger partial charge on any atom is -0.492 e. The Morgan fingerprint density at radius 3 is 1.44 bits per heavy atom. The maximum Gasteiger partial charge on any atom is 0.134 e. The van der Waals surface area contributed by atoms with Crippen LogP contribution in [-0.2, 0) is 0 Å². The third-order valence-corrected chi connectivity index (χ3v) is 6.90. The van der Waals surface area contributed by atoms with E-state index in [4.69, 9.17) is 24.4 Å². The van der Waals surface area contributed by atoms with Crippen LogP contribution >= 0.6 is 0 Å². The fourth-order valence-corrected chi connectivity index (χ4v) is 4.51. The zero-order valence-corrected chi connectivity index (χ0v) is 24.2. The van der Waals surface area contributed by atoms with Gasteiger partial charge in [0, 0.05) is 11.1 Å². The van der Waals surface area contributed by atoms with Gasteiger partial charge in [-0.2, -0.15) is 0 Å². The molecule has 0 aliphatic rings. The Kier molecular flexibility index (Phi) is 14.5. The molecule has 41 heavy (non-hydrogen) atoms. The van der Waals surface area contributed by atoms with E-state index in [0.29, 0.717) is 18.1 Å². The standard InChI is InChI=1S/C34H46O7/c1-2-3-4-5-6-7-8-9-21-39-34-32(26-13-17-30(18-14-26)40-24-28(37)22-35)11-10-12-33(34)27-15-19-31(20-16-27)41-25-29(38)23-36/h10-20,28-29,35-38H,2-9,21-25H2,1H3. The zero-order chi connectivity index (χ0) is 29.3. The summed E-state index contributed by atoms with van der Waals surface area (Å²) < 4.78 is 17.6. The van der Waals surface area contributed by atoms with Crippen LogP contribution in [0.2, 0.25) is 0 Å². The molecule has 4 N–H and O–H groups in total. The topological polar surface area (TPSA) is 109 Å². The number of aliphatic hydroxyl groups is 4. The second-order valence-corrected chi connectivity index (χ2v) is 10.3. The van der Waals surface area contributed by atoms with Gasteiger partial charge in [-0.3, -0.25) is 0 Å². The highest BCUT2D eigenvalue weighted by atomic mass is 16.5. The average Bonchev–Trinajstić information content (AvgIpc) is 3.02. The van der Waals surface area contributed by atoms with Gasteiger partial charge in [0.05, 0.1) is 19.8 Å². The first-order valence-corrected chi connectivity index (χ1v) is 14.9. The first kappa shape index (κ1) is 32.4. The number of rotatable bonds is 20. The number of hydrogen-bond donors (Lipinski definition) is 4. The van der Waals surface area contributed by atoms with Gasteiger partial charge in [-0.05, 0) is 41.8 Å². The van der Waals surface area contributed by atoms with E-state index in [9.17, 15) is 10.2 Å². The number of ether oxygens (including phenoxy) is 3. The Hall–Kier alpha value is -3.10. The van der Waals surface area contributed by atoms with Crippen LogP contribution in [0.1, 0.15) is 58.3 Å². The van der Waals surface area contributed by atoms with E-state index in [1.54, 1.807) is 0 Å². The van der Waals surface area contributed by atoms with Gasteiger partial charge >= 0.3 is 0 Å². The van der Waals surface area contributed by atoms with Crippen molar-refractivity contribution in [1.82, 2.24) is 0 Å². The summed E-state index contributed by atoms with van der Waals surface area (Å²) in [6, 6.07) is 21.4. The second kappa shape index (κ2) is 18.4. The van der Waals surface area contributed by atoms with Crippen LogP contribution in [0, 0.1) is 0 Å². The molecule has 0 heterocycles. The highest BCUT2D eigenvalue weighted by Gasteiger charge is 2.15. The number of hydrogen-bond acceptors (Lipinski definition) is 7. The normalized spacial score (nSPS) is 12.6. The molecular formula is C34H46O7. The summed E-state index contributed by atoms with van der Waals surface area (Å²) in [7, 11) is 0. The van der Waals surface area contributed by atoms with Gasteiger partial charge in [0.15, 0.2) is 0 Å². The van der Waals surface area contributed by atoms with E-state index in [2.05, 4.69) is 6.92 Å². The van der Waals surface area contributed by atoms with E-state index in [1.165, 1.54) is 38.5 Å². The van der Waals surface area contributed by atoms with Crippen molar-refractivity contribution < 1.29 is 34.6 Å². The molecule has 3 aromatic rings. The first-order chi connectivity index (χ1) is 20.0. The van der Waals surface area contributed by atoms with Crippen LogP contribution < -0.4 is 14.2 Å². The summed E-state index contributed by atoms with van der Waals surface area (Å²) >= 11 is 0. The summed E-state index contributed by atoms with van der Waals surface area (Å²) in [5.74, 6) is 2.03. The van der Waals surface area contributed by atoms with Gasteiger partial charge in [-0.1, -0.05) is 94.3 Å². The molecule has 2 atom stereocenters. The molecule has 0 saturated heterocycles. The summed E-state index contributed by atoms with van der Waals surface area (Å²) in [6.45, 7) is 2.22. The smallest absolute Gasteiger partial charge is 0.134 e. The lowest BCUT2D eigenvalue weighted by Crippen LogP contribution is -2.21. The molecule has 7 heteroatoms. The van der Waals surface area contributed by atoms with Crippen LogP contribution in [0.4, 0.5) is 0 Å². The molecule has 0 amide bonds. The summed E-state index contributed by atoms with van der Waals surface area (Å²) in [5.41, 5.74) is 3.89. The molecule has 0 radical (unpaired) electrons. The highest BCUT2D eigenvalue weighted by Crippen LogP contribution is 2.40. The molecule has 7 nitrogen and oxygen atoms in total. The van der Waals surface area contributed by atoms with Gasteiger partial charge in [0.1, 0.15) is 42.7 Å². The van der Waals surface area contributed by atoms with E-state index in [-0.39, 0.29) is 26.4 Å². The second-order valence-electron chi connectivity index (χ2n) is 10.3. The van der Waals surface area contributed by atoms with Crippen LogP contribution in [0.15, 0.2) is 66.7 Å².